The predicted octanol–water partition coefficient (Wildman–Crippen LogP) is 5.53. The summed E-state index contributed by atoms with van der Waals surface area (Å²) in [7, 11) is 0. The van der Waals surface area contributed by atoms with Crippen LogP contribution in [0.1, 0.15) is 15.9 Å². The van der Waals surface area contributed by atoms with Gasteiger partial charge in [-0.15, -0.1) is 0 Å². The molecule has 0 saturated carbocycles. The number of rotatable bonds is 2. The van der Waals surface area contributed by atoms with E-state index in [1.807, 2.05) is 43.3 Å². The van der Waals surface area contributed by atoms with Crippen LogP contribution in [-0.2, 0) is 0 Å². The largest absolute Gasteiger partial charge is 0.321 e. The van der Waals surface area contributed by atoms with Crippen molar-refractivity contribution in [2.45, 2.75) is 6.92 Å². The maximum Gasteiger partial charge on any atom is 0.255 e. The molecular formula is C14H10Br3NO. The fourth-order valence-corrected chi connectivity index (χ4v) is 3.13. The van der Waals surface area contributed by atoms with Gasteiger partial charge in [0.15, 0.2) is 0 Å². The number of carbonyl (C=O) groups excluding carboxylic acids is 1. The molecule has 0 saturated heterocycles. The minimum Gasteiger partial charge on any atom is -0.321 e. The minimum absolute atomic E-state index is 0.123. The molecule has 0 unspecified atom stereocenters. The van der Waals surface area contributed by atoms with Crippen molar-refractivity contribution in [2.75, 3.05) is 5.32 Å². The van der Waals surface area contributed by atoms with Gasteiger partial charge < -0.3 is 5.32 Å². The number of amides is 1. The number of hydrogen-bond acceptors (Lipinski definition) is 1. The lowest BCUT2D eigenvalue weighted by atomic mass is 10.1. The summed E-state index contributed by atoms with van der Waals surface area (Å²) in [4.78, 5) is 12.3. The first kappa shape index (κ1) is 14.8. The molecule has 2 rings (SSSR count). The molecule has 2 aromatic carbocycles. The fraction of sp³-hybridized carbons (Fsp3) is 0.0714. The van der Waals surface area contributed by atoms with E-state index in [1.54, 1.807) is 0 Å². The molecule has 1 amide bonds. The van der Waals surface area contributed by atoms with Crippen LogP contribution in [0, 0.1) is 6.92 Å². The van der Waals surface area contributed by atoms with Gasteiger partial charge in [0, 0.05) is 19.0 Å². The summed E-state index contributed by atoms with van der Waals surface area (Å²) in [6, 6.07) is 11.3. The van der Waals surface area contributed by atoms with E-state index in [9.17, 15) is 4.79 Å². The van der Waals surface area contributed by atoms with E-state index in [4.69, 9.17) is 0 Å². The summed E-state index contributed by atoms with van der Waals surface area (Å²) in [5.41, 5.74) is 2.34. The standard InChI is InChI=1S/C14H10Br3NO/c1-8-2-3-9(15)6-11(8)14(19)18-13-5-4-10(16)7-12(13)17/h2-7H,1H3,(H,18,19). The zero-order chi connectivity index (χ0) is 14.0. The second-order valence-corrected chi connectivity index (χ2v) is 6.72. The Bertz CT molecular complexity index is 641. The second kappa shape index (κ2) is 6.20. The second-order valence-electron chi connectivity index (χ2n) is 4.04. The van der Waals surface area contributed by atoms with Crippen LogP contribution in [0.25, 0.3) is 0 Å². The third-order valence-corrected chi connectivity index (χ3v) is 4.27. The van der Waals surface area contributed by atoms with E-state index in [0.717, 1.165) is 24.7 Å². The summed E-state index contributed by atoms with van der Waals surface area (Å²) in [6.07, 6.45) is 0. The van der Waals surface area contributed by atoms with Crippen molar-refractivity contribution in [3.63, 3.8) is 0 Å². The number of hydrogen-bond donors (Lipinski definition) is 1. The topological polar surface area (TPSA) is 29.1 Å². The Balaban J connectivity index is 2.28. The van der Waals surface area contributed by atoms with Crippen molar-refractivity contribution in [2.24, 2.45) is 0 Å². The lowest BCUT2D eigenvalue weighted by molar-refractivity contribution is 0.102. The van der Waals surface area contributed by atoms with Crippen LogP contribution in [0.15, 0.2) is 49.8 Å². The summed E-state index contributed by atoms with van der Waals surface area (Å²) in [5, 5.41) is 2.89. The molecule has 0 aliphatic heterocycles. The third-order valence-electron chi connectivity index (χ3n) is 2.62. The van der Waals surface area contributed by atoms with E-state index < -0.39 is 0 Å². The molecule has 0 aliphatic carbocycles. The summed E-state index contributed by atoms with van der Waals surface area (Å²) in [5.74, 6) is -0.123. The first-order valence-corrected chi connectivity index (χ1v) is 7.88. The quantitative estimate of drug-likeness (QED) is 0.643. The molecule has 5 heteroatoms. The highest BCUT2D eigenvalue weighted by molar-refractivity contribution is 9.11. The van der Waals surface area contributed by atoms with Crippen molar-refractivity contribution in [3.8, 4) is 0 Å². The Morgan fingerprint density at radius 3 is 2.32 bits per heavy atom. The summed E-state index contributed by atoms with van der Waals surface area (Å²) in [6.45, 7) is 1.91. The maximum atomic E-state index is 12.3. The zero-order valence-corrected chi connectivity index (χ0v) is 14.8. The van der Waals surface area contributed by atoms with Gasteiger partial charge >= 0.3 is 0 Å². The number of aryl methyl sites for hydroxylation is 1. The van der Waals surface area contributed by atoms with Gasteiger partial charge in [0.1, 0.15) is 0 Å². The SMILES string of the molecule is Cc1ccc(Br)cc1C(=O)Nc1ccc(Br)cc1Br. The highest BCUT2D eigenvalue weighted by Gasteiger charge is 2.11. The van der Waals surface area contributed by atoms with Gasteiger partial charge in [-0.1, -0.05) is 37.9 Å². The van der Waals surface area contributed by atoms with Crippen LogP contribution < -0.4 is 5.32 Å². The van der Waals surface area contributed by atoms with Gasteiger partial charge in [-0.05, 0) is 58.7 Å². The van der Waals surface area contributed by atoms with E-state index in [0.29, 0.717) is 5.56 Å². The molecule has 2 aromatic rings. The van der Waals surface area contributed by atoms with Gasteiger partial charge in [0.05, 0.1) is 5.69 Å². The molecule has 0 radical (unpaired) electrons. The number of halogens is 3. The number of nitrogens with one attached hydrogen (secondary N) is 1. The Labute approximate surface area is 137 Å². The first-order valence-electron chi connectivity index (χ1n) is 5.50. The Morgan fingerprint density at radius 2 is 1.63 bits per heavy atom. The van der Waals surface area contributed by atoms with Gasteiger partial charge in [0.25, 0.3) is 5.91 Å². The minimum atomic E-state index is -0.123. The fourth-order valence-electron chi connectivity index (χ4n) is 1.62. The molecule has 0 aromatic heterocycles. The Morgan fingerprint density at radius 1 is 1.00 bits per heavy atom. The Hall–Kier alpha value is -0.650. The molecule has 98 valence electrons. The van der Waals surface area contributed by atoms with Crippen molar-refractivity contribution < 1.29 is 4.79 Å². The van der Waals surface area contributed by atoms with Gasteiger partial charge in [-0.3, -0.25) is 4.79 Å². The van der Waals surface area contributed by atoms with Crippen LogP contribution in [0.4, 0.5) is 5.69 Å². The van der Waals surface area contributed by atoms with Crippen LogP contribution in [0.5, 0.6) is 0 Å². The van der Waals surface area contributed by atoms with Crippen LogP contribution >= 0.6 is 47.8 Å². The third kappa shape index (κ3) is 3.68. The molecular weight excluding hydrogens is 438 g/mol. The number of carbonyl (C=O) groups is 1. The molecule has 1 N–H and O–H groups in total. The van der Waals surface area contributed by atoms with Gasteiger partial charge in [-0.25, -0.2) is 0 Å². The molecule has 0 aliphatic rings. The van der Waals surface area contributed by atoms with Gasteiger partial charge in [-0.2, -0.15) is 0 Å². The molecule has 0 atom stereocenters. The van der Waals surface area contributed by atoms with Crippen LogP contribution in [0.2, 0.25) is 0 Å². The molecule has 2 nitrogen and oxygen atoms in total. The van der Waals surface area contributed by atoms with Crippen LogP contribution in [0.3, 0.4) is 0 Å². The van der Waals surface area contributed by atoms with Crippen molar-refractivity contribution in [3.05, 3.63) is 60.9 Å². The van der Waals surface area contributed by atoms with E-state index >= 15 is 0 Å². The smallest absolute Gasteiger partial charge is 0.255 e. The first-order chi connectivity index (χ1) is 8.97. The van der Waals surface area contributed by atoms with E-state index in [-0.39, 0.29) is 5.91 Å². The molecule has 19 heavy (non-hydrogen) atoms. The van der Waals surface area contributed by atoms with Crippen LogP contribution in [-0.4, -0.2) is 5.91 Å². The number of benzene rings is 2. The summed E-state index contributed by atoms with van der Waals surface area (Å²) >= 11 is 10.2. The van der Waals surface area contributed by atoms with E-state index in [1.165, 1.54) is 0 Å². The van der Waals surface area contributed by atoms with Crippen molar-refractivity contribution in [1.29, 1.82) is 0 Å². The lowest BCUT2D eigenvalue weighted by Gasteiger charge is -2.10. The van der Waals surface area contributed by atoms with Gasteiger partial charge in [0.2, 0.25) is 0 Å². The maximum absolute atomic E-state index is 12.3. The Kier molecular flexibility index (Phi) is 4.81. The zero-order valence-electron chi connectivity index (χ0n) is 10.0. The normalized spacial score (nSPS) is 10.3. The molecule has 0 fully saturated rings. The average Bonchev–Trinajstić information content (AvgIpc) is 2.35. The molecule has 0 spiro atoms. The predicted molar refractivity (Wildman–Crippen MR) is 88.7 cm³/mol. The monoisotopic (exact) mass is 445 g/mol. The lowest BCUT2D eigenvalue weighted by Crippen LogP contribution is -2.13. The molecule has 0 bridgehead atoms. The summed E-state index contributed by atoms with van der Waals surface area (Å²) < 4.78 is 2.68. The van der Waals surface area contributed by atoms with E-state index in [2.05, 4.69) is 53.1 Å². The highest BCUT2D eigenvalue weighted by Crippen LogP contribution is 2.27. The average molecular weight is 448 g/mol. The van der Waals surface area contributed by atoms with Crippen molar-refractivity contribution >= 4 is 59.4 Å². The van der Waals surface area contributed by atoms with Crippen molar-refractivity contribution in [1.82, 2.24) is 0 Å². The highest BCUT2D eigenvalue weighted by atomic mass is 79.9. The molecule has 0 heterocycles. The number of anilines is 1.